The first-order chi connectivity index (χ1) is 12.8. The Kier molecular flexibility index (Phi) is 7.10. The van der Waals surface area contributed by atoms with E-state index in [0.29, 0.717) is 22.6 Å². The van der Waals surface area contributed by atoms with Crippen LogP contribution in [-0.4, -0.2) is 62.8 Å². The first-order valence-corrected chi connectivity index (χ1v) is 13.0. The van der Waals surface area contributed by atoms with Gasteiger partial charge in [-0.1, -0.05) is 38.5 Å². The molecule has 0 aromatic rings. The molecule has 26 heavy (non-hydrogen) atoms. The summed E-state index contributed by atoms with van der Waals surface area (Å²) in [5.41, 5.74) is 0. The van der Waals surface area contributed by atoms with Gasteiger partial charge in [0.25, 0.3) is 0 Å². The van der Waals surface area contributed by atoms with E-state index in [1.54, 1.807) is 0 Å². The largest absolute Gasteiger partial charge is 0.299 e. The second-order valence-electron chi connectivity index (χ2n) is 9.30. The molecule has 0 N–H and O–H groups in total. The molecule has 0 radical (unpaired) electrons. The normalized spacial score (nSPS) is 39.5. The van der Waals surface area contributed by atoms with Crippen molar-refractivity contribution >= 4 is 10.8 Å². The Labute approximate surface area is 163 Å². The van der Waals surface area contributed by atoms with Gasteiger partial charge in [0.15, 0.2) is 0 Å². The molecule has 0 spiro atoms. The number of hydrogen-bond acceptors (Lipinski definition) is 3. The molecule has 2 aliphatic carbocycles. The van der Waals surface area contributed by atoms with Crippen molar-refractivity contribution in [2.45, 2.75) is 112 Å². The average Bonchev–Trinajstić information content (AvgIpc) is 2.74. The van der Waals surface area contributed by atoms with Gasteiger partial charge in [-0.15, -0.1) is 0 Å². The van der Waals surface area contributed by atoms with E-state index in [-0.39, 0.29) is 0 Å². The van der Waals surface area contributed by atoms with Crippen LogP contribution >= 0.6 is 0 Å². The van der Waals surface area contributed by atoms with Crippen molar-refractivity contribution < 1.29 is 4.21 Å². The van der Waals surface area contributed by atoms with Crippen molar-refractivity contribution in [3.63, 3.8) is 0 Å². The van der Waals surface area contributed by atoms with Crippen molar-refractivity contribution in [3.05, 3.63) is 0 Å². The zero-order valence-corrected chi connectivity index (χ0v) is 17.6. The van der Waals surface area contributed by atoms with Gasteiger partial charge in [0.2, 0.25) is 0 Å². The van der Waals surface area contributed by atoms with Gasteiger partial charge in [0, 0.05) is 22.9 Å². The van der Waals surface area contributed by atoms with Crippen molar-refractivity contribution in [1.29, 1.82) is 0 Å². The van der Waals surface area contributed by atoms with Crippen LogP contribution < -0.4 is 0 Å². The number of nitrogens with zero attached hydrogens (tertiary/aromatic N) is 2. The van der Waals surface area contributed by atoms with Crippen molar-refractivity contribution in [2.24, 2.45) is 0 Å². The quantitative estimate of drug-likeness (QED) is 0.725. The summed E-state index contributed by atoms with van der Waals surface area (Å²) in [6.45, 7) is 5.05. The molecular formula is C22H40N2OS. The molecular weight excluding hydrogens is 340 g/mol. The van der Waals surface area contributed by atoms with E-state index in [4.69, 9.17) is 0 Å². The van der Waals surface area contributed by atoms with E-state index < -0.39 is 10.8 Å². The standard InChI is InChI=1S/C22H40N2OS/c25-26(21-13-5-3-11-19(21)23-15-7-1-8-16-23)22-14-6-4-12-20(22)24-17-9-2-10-18-24/h19-22H,1-18H2. The smallest absolute Gasteiger partial charge is 0.0506 e. The minimum absolute atomic E-state index is 0.456. The van der Waals surface area contributed by atoms with E-state index in [9.17, 15) is 4.21 Å². The van der Waals surface area contributed by atoms with Crippen molar-refractivity contribution in [3.8, 4) is 0 Å². The Bertz CT molecular complexity index is 419. The number of hydrogen-bond donors (Lipinski definition) is 0. The monoisotopic (exact) mass is 380 g/mol. The van der Waals surface area contributed by atoms with Gasteiger partial charge in [-0.3, -0.25) is 14.0 Å². The molecule has 3 nitrogen and oxygen atoms in total. The van der Waals surface area contributed by atoms with Gasteiger partial charge >= 0.3 is 0 Å². The molecule has 4 aliphatic rings. The molecule has 0 aromatic heterocycles. The summed E-state index contributed by atoms with van der Waals surface area (Å²) in [5, 5.41) is 0.912. The molecule has 150 valence electrons. The van der Waals surface area contributed by atoms with Crippen LogP contribution in [0.5, 0.6) is 0 Å². The fourth-order valence-corrected chi connectivity index (χ4v) is 8.74. The van der Waals surface area contributed by atoms with Gasteiger partial charge in [-0.05, 0) is 77.5 Å². The Morgan fingerprint density at radius 1 is 0.500 bits per heavy atom. The third kappa shape index (κ3) is 4.38. The first-order valence-electron chi connectivity index (χ1n) is 11.7. The van der Waals surface area contributed by atoms with Crippen LogP contribution in [0.2, 0.25) is 0 Å². The van der Waals surface area contributed by atoms with E-state index >= 15 is 0 Å². The molecule has 2 saturated carbocycles. The molecule has 0 aromatic carbocycles. The summed E-state index contributed by atoms with van der Waals surface area (Å²) in [6.07, 6.45) is 18.6. The van der Waals surface area contributed by atoms with Crippen LogP contribution in [0.3, 0.4) is 0 Å². The molecule has 4 fully saturated rings. The second-order valence-corrected chi connectivity index (χ2v) is 11.2. The van der Waals surface area contributed by atoms with Crippen LogP contribution in [0.25, 0.3) is 0 Å². The third-order valence-electron chi connectivity index (χ3n) is 7.65. The SMILES string of the molecule is O=S(C1CCCCC1N1CCCCC1)C1CCCCC1N1CCCCC1. The molecule has 2 aliphatic heterocycles. The third-order valence-corrected chi connectivity index (χ3v) is 9.94. The molecule has 4 atom stereocenters. The Morgan fingerprint density at radius 2 is 0.885 bits per heavy atom. The summed E-state index contributed by atoms with van der Waals surface area (Å²) in [4.78, 5) is 5.48. The fraction of sp³-hybridized carbons (Fsp3) is 1.00. The van der Waals surface area contributed by atoms with Gasteiger partial charge in [-0.2, -0.15) is 0 Å². The molecule has 4 heteroatoms. The summed E-state index contributed by atoms with van der Waals surface area (Å²) >= 11 is 0. The van der Waals surface area contributed by atoms with Crippen LogP contribution in [-0.2, 0) is 10.8 Å². The van der Waals surface area contributed by atoms with Crippen LogP contribution in [0.1, 0.15) is 89.9 Å². The van der Waals surface area contributed by atoms with E-state index in [2.05, 4.69) is 9.80 Å². The van der Waals surface area contributed by atoms with Crippen molar-refractivity contribution in [1.82, 2.24) is 9.80 Å². The predicted molar refractivity (Wildman–Crippen MR) is 111 cm³/mol. The highest BCUT2D eigenvalue weighted by Crippen LogP contribution is 2.35. The Hall–Kier alpha value is 0.0700. The Balaban J connectivity index is 1.47. The molecule has 4 rings (SSSR count). The average molecular weight is 381 g/mol. The molecule has 0 bridgehead atoms. The molecule has 0 amide bonds. The van der Waals surface area contributed by atoms with Gasteiger partial charge in [0.05, 0.1) is 10.5 Å². The zero-order chi connectivity index (χ0) is 17.8. The number of likely N-dealkylation sites (tertiary alicyclic amines) is 2. The topological polar surface area (TPSA) is 23.6 Å². The number of rotatable bonds is 4. The zero-order valence-electron chi connectivity index (χ0n) is 16.7. The van der Waals surface area contributed by atoms with E-state index in [0.717, 1.165) is 0 Å². The molecule has 2 saturated heterocycles. The minimum atomic E-state index is -0.640. The summed E-state index contributed by atoms with van der Waals surface area (Å²) in [7, 11) is -0.640. The summed E-state index contributed by atoms with van der Waals surface area (Å²) in [6, 6.07) is 1.24. The van der Waals surface area contributed by atoms with E-state index in [1.165, 1.54) is 116 Å². The maximum atomic E-state index is 13.9. The van der Waals surface area contributed by atoms with Crippen LogP contribution in [0, 0.1) is 0 Å². The molecule has 4 unspecified atom stereocenters. The first kappa shape index (κ1) is 19.4. The lowest BCUT2D eigenvalue weighted by Gasteiger charge is -2.46. The lowest BCUT2D eigenvalue weighted by molar-refractivity contribution is 0.126. The summed E-state index contributed by atoms with van der Waals surface area (Å²) < 4.78 is 13.9. The highest BCUT2D eigenvalue weighted by Gasteiger charge is 2.41. The minimum Gasteiger partial charge on any atom is -0.299 e. The van der Waals surface area contributed by atoms with Gasteiger partial charge < -0.3 is 0 Å². The number of piperidine rings is 2. The molecule has 2 heterocycles. The highest BCUT2D eigenvalue weighted by atomic mass is 32.2. The lowest BCUT2D eigenvalue weighted by Crippen LogP contribution is -2.55. The van der Waals surface area contributed by atoms with Gasteiger partial charge in [0.1, 0.15) is 0 Å². The highest BCUT2D eigenvalue weighted by molar-refractivity contribution is 7.86. The lowest BCUT2D eigenvalue weighted by atomic mass is 9.91. The Morgan fingerprint density at radius 3 is 1.31 bits per heavy atom. The maximum Gasteiger partial charge on any atom is 0.0506 e. The summed E-state index contributed by atoms with van der Waals surface area (Å²) in [5.74, 6) is 0. The second kappa shape index (κ2) is 9.52. The van der Waals surface area contributed by atoms with Crippen molar-refractivity contribution in [2.75, 3.05) is 26.2 Å². The van der Waals surface area contributed by atoms with Gasteiger partial charge in [-0.25, -0.2) is 0 Å². The maximum absolute atomic E-state index is 13.9. The van der Waals surface area contributed by atoms with Crippen LogP contribution in [0.15, 0.2) is 0 Å². The van der Waals surface area contributed by atoms with E-state index in [1.807, 2.05) is 0 Å². The fourth-order valence-electron chi connectivity index (χ4n) is 6.26. The predicted octanol–water partition coefficient (Wildman–Crippen LogP) is 4.33. The van der Waals surface area contributed by atoms with Crippen LogP contribution in [0.4, 0.5) is 0 Å².